The Hall–Kier alpha value is -2.28. The number of hydrogen-bond acceptors (Lipinski definition) is 5. The first-order valence-corrected chi connectivity index (χ1v) is 12.3. The molecule has 2 heterocycles. The lowest BCUT2D eigenvalue weighted by Crippen LogP contribution is -2.37. The van der Waals surface area contributed by atoms with Gasteiger partial charge in [-0.2, -0.15) is 0 Å². The Bertz CT molecular complexity index is 975. The van der Waals surface area contributed by atoms with E-state index in [0.29, 0.717) is 6.54 Å². The summed E-state index contributed by atoms with van der Waals surface area (Å²) in [5.41, 5.74) is 2.43. The second-order valence-electron chi connectivity index (χ2n) is 9.42. The first-order valence-electron chi connectivity index (χ1n) is 12.0. The monoisotopic (exact) mass is 471 g/mol. The van der Waals surface area contributed by atoms with Crippen molar-refractivity contribution < 1.29 is 15.0 Å². The second-order valence-corrected chi connectivity index (χ2v) is 9.83. The number of phenols is 2. The largest absolute Gasteiger partial charge is 0.507 e. The van der Waals surface area contributed by atoms with Crippen molar-refractivity contribution in [2.75, 3.05) is 32.7 Å². The van der Waals surface area contributed by atoms with E-state index in [1.165, 1.54) is 37.6 Å². The van der Waals surface area contributed by atoms with Crippen LogP contribution in [-0.2, 0) is 6.54 Å². The van der Waals surface area contributed by atoms with Crippen LogP contribution < -0.4 is 5.32 Å². The Morgan fingerprint density at radius 1 is 1.09 bits per heavy atom. The van der Waals surface area contributed by atoms with Gasteiger partial charge < -0.3 is 25.3 Å². The van der Waals surface area contributed by atoms with Gasteiger partial charge in [-0.05, 0) is 61.9 Å². The molecule has 0 radical (unpaired) electrons. The van der Waals surface area contributed by atoms with Crippen molar-refractivity contribution in [3.05, 3.63) is 58.1 Å². The molecular weight excluding hydrogens is 438 g/mol. The summed E-state index contributed by atoms with van der Waals surface area (Å²) in [5, 5.41) is 23.5. The number of benzene rings is 2. The molecule has 2 aliphatic rings. The highest BCUT2D eigenvalue weighted by Gasteiger charge is 2.32. The lowest BCUT2D eigenvalue weighted by molar-refractivity contribution is 0.0732. The number of nitrogens with one attached hydrogen (secondary N) is 1. The summed E-state index contributed by atoms with van der Waals surface area (Å²) in [6.45, 7) is 8.20. The van der Waals surface area contributed by atoms with E-state index in [1.807, 2.05) is 6.07 Å². The summed E-state index contributed by atoms with van der Waals surface area (Å²) in [4.78, 5) is 17.5. The van der Waals surface area contributed by atoms with E-state index >= 15 is 0 Å². The van der Waals surface area contributed by atoms with Crippen LogP contribution in [0.4, 0.5) is 0 Å². The molecule has 1 atom stereocenters. The minimum Gasteiger partial charge on any atom is -0.507 e. The highest BCUT2D eigenvalue weighted by atomic mass is 35.5. The predicted octanol–water partition coefficient (Wildman–Crippen LogP) is 4.55. The third-order valence-corrected chi connectivity index (χ3v) is 7.26. The molecule has 2 fully saturated rings. The molecule has 0 bridgehead atoms. The van der Waals surface area contributed by atoms with Crippen molar-refractivity contribution in [1.82, 2.24) is 15.1 Å². The molecule has 2 saturated heterocycles. The fraction of sp³-hybridized carbons (Fsp3) is 0.500. The number of hydrogen-bond donors (Lipinski definition) is 3. The minimum atomic E-state index is -0.267. The van der Waals surface area contributed by atoms with Gasteiger partial charge in [0.25, 0.3) is 5.91 Å². The molecule has 2 aromatic carbocycles. The molecule has 6 nitrogen and oxygen atoms in total. The molecular formula is C26H34ClN3O3. The number of piperidine rings is 1. The van der Waals surface area contributed by atoms with Gasteiger partial charge >= 0.3 is 0 Å². The smallest absolute Gasteiger partial charge is 0.258 e. The maximum atomic E-state index is 13.2. The Morgan fingerprint density at radius 2 is 1.88 bits per heavy atom. The highest BCUT2D eigenvalue weighted by molar-refractivity contribution is 6.32. The van der Waals surface area contributed by atoms with Gasteiger partial charge in [-0.15, -0.1) is 0 Å². The number of likely N-dealkylation sites (tertiary alicyclic amines) is 2. The van der Waals surface area contributed by atoms with Gasteiger partial charge in [0.2, 0.25) is 0 Å². The molecule has 4 rings (SSSR count). The third kappa shape index (κ3) is 5.81. The van der Waals surface area contributed by atoms with E-state index in [-0.39, 0.29) is 34.0 Å². The van der Waals surface area contributed by atoms with Crippen LogP contribution in [0.2, 0.25) is 5.02 Å². The highest BCUT2D eigenvalue weighted by Crippen LogP contribution is 2.37. The second kappa shape index (κ2) is 10.8. The number of aromatic hydroxyl groups is 2. The van der Waals surface area contributed by atoms with E-state index in [9.17, 15) is 15.0 Å². The van der Waals surface area contributed by atoms with Crippen molar-refractivity contribution in [1.29, 1.82) is 0 Å². The van der Waals surface area contributed by atoms with Crippen molar-refractivity contribution in [2.45, 2.75) is 45.2 Å². The number of carbonyl (C=O) groups is 1. The fourth-order valence-electron chi connectivity index (χ4n) is 4.90. The normalized spacial score (nSPS) is 19.8. The number of nitrogens with zero attached hydrogens (tertiary/aromatic N) is 2. The van der Waals surface area contributed by atoms with Gasteiger partial charge in [0.15, 0.2) is 0 Å². The molecule has 1 amide bonds. The summed E-state index contributed by atoms with van der Waals surface area (Å²) in [5.74, 6) is 0.0950. The molecule has 33 heavy (non-hydrogen) atoms. The van der Waals surface area contributed by atoms with Crippen LogP contribution >= 0.6 is 11.6 Å². The summed E-state index contributed by atoms with van der Waals surface area (Å²) in [7, 11) is 0. The Labute approximate surface area is 201 Å². The Morgan fingerprint density at radius 3 is 2.67 bits per heavy atom. The summed E-state index contributed by atoms with van der Waals surface area (Å²) >= 11 is 5.99. The van der Waals surface area contributed by atoms with Gasteiger partial charge in [-0.3, -0.25) is 4.79 Å². The molecule has 0 aromatic heterocycles. The molecule has 3 N–H and O–H groups in total. The average molecular weight is 472 g/mol. The van der Waals surface area contributed by atoms with Crippen LogP contribution in [-0.4, -0.2) is 58.6 Å². The van der Waals surface area contributed by atoms with Crippen LogP contribution in [0, 0.1) is 5.92 Å². The van der Waals surface area contributed by atoms with Crippen molar-refractivity contribution in [3.8, 4) is 11.5 Å². The number of halogens is 1. The van der Waals surface area contributed by atoms with Gasteiger partial charge in [-0.25, -0.2) is 0 Å². The van der Waals surface area contributed by atoms with Crippen molar-refractivity contribution >= 4 is 17.5 Å². The van der Waals surface area contributed by atoms with Crippen molar-refractivity contribution in [3.63, 3.8) is 0 Å². The van der Waals surface area contributed by atoms with Gasteiger partial charge in [0.1, 0.15) is 11.5 Å². The lowest BCUT2D eigenvalue weighted by Gasteiger charge is -2.30. The van der Waals surface area contributed by atoms with E-state index in [1.54, 1.807) is 4.90 Å². The lowest BCUT2D eigenvalue weighted by atomic mass is 9.99. The molecule has 0 saturated carbocycles. The topological polar surface area (TPSA) is 76.0 Å². The van der Waals surface area contributed by atoms with E-state index in [2.05, 4.69) is 35.3 Å². The average Bonchev–Trinajstić information content (AvgIpc) is 3.30. The standard InChI is InChI=1S/C26H34ClN3O3/c1-18-7-11-29(12-8-18)13-9-28-17-19-4-2-5-20(14-19)23-6-3-10-30(23)26(33)21-15-22(27)25(32)16-24(21)31/h2,4-5,14-16,18,23,28,31-32H,3,6-13,17H2,1H3. The maximum Gasteiger partial charge on any atom is 0.258 e. The van der Waals surface area contributed by atoms with Crippen LogP contribution in [0.5, 0.6) is 11.5 Å². The summed E-state index contributed by atoms with van der Waals surface area (Å²) in [6.07, 6.45) is 4.38. The van der Waals surface area contributed by atoms with Crippen LogP contribution in [0.15, 0.2) is 36.4 Å². The zero-order valence-corrected chi connectivity index (χ0v) is 20.0. The first kappa shape index (κ1) is 23.9. The Kier molecular flexibility index (Phi) is 7.78. The van der Waals surface area contributed by atoms with Gasteiger partial charge in [0, 0.05) is 32.2 Å². The maximum absolute atomic E-state index is 13.2. The number of carbonyl (C=O) groups excluding carboxylic acids is 1. The molecule has 2 aliphatic heterocycles. The van der Waals surface area contributed by atoms with Gasteiger partial charge in [0.05, 0.1) is 16.6 Å². The van der Waals surface area contributed by atoms with Crippen LogP contribution in [0.3, 0.4) is 0 Å². The summed E-state index contributed by atoms with van der Waals surface area (Å²) < 4.78 is 0. The van der Waals surface area contributed by atoms with Crippen LogP contribution in [0.1, 0.15) is 60.1 Å². The van der Waals surface area contributed by atoms with E-state index in [4.69, 9.17) is 11.6 Å². The molecule has 7 heteroatoms. The first-order chi connectivity index (χ1) is 15.9. The van der Waals surface area contributed by atoms with E-state index in [0.717, 1.165) is 50.0 Å². The zero-order valence-electron chi connectivity index (χ0n) is 19.3. The Balaban J connectivity index is 1.37. The SMILES string of the molecule is CC1CCN(CCNCc2cccc(C3CCCN3C(=O)c3cc(Cl)c(O)cc3O)c2)CC1. The van der Waals surface area contributed by atoms with E-state index < -0.39 is 0 Å². The molecule has 0 spiro atoms. The molecule has 2 aromatic rings. The molecule has 0 aliphatic carbocycles. The number of rotatable bonds is 7. The number of phenolic OH excluding ortho intramolecular Hbond substituents is 2. The molecule has 1 unspecified atom stereocenters. The molecule has 178 valence electrons. The summed E-state index contributed by atoms with van der Waals surface area (Å²) in [6, 6.07) is 10.8. The zero-order chi connectivity index (χ0) is 23.4. The predicted molar refractivity (Wildman–Crippen MR) is 131 cm³/mol. The third-order valence-electron chi connectivity index (χ3n) is 6.96. The van der Waals surface area contributed by atoms with Crippen molar-refractivity contribution in [2.24, 2.45) is 5.92 Å². The quantitative estimate of drug-likeness (QED) is 0.516. The van der Waals surface area contributed by atoms with Crippen LogP contribution in [0.25, 0.3) is 0 Å². The fourth-order valence-corrected chi connectivity index (χ4v) is 5.06. The number of amides is 1. The minimum absolute atomic E-state index is 0.0419. The van der Waals surface area contributed by atoms with Gasteiger partial charge in [-0.1, -0.05) is 42.8 Å².